The predicted octanol–water partition coefficient (Wildman–Crippen LogP) is 4.67. The molecule has 3 atom stereocenters. The number of hydrogen-bond donors (Lipinski definition) is 0. The highest BCUT2D eigenvalue weighted by atomic mass is 127. The third kappa shape index (κ3) is 5.91. The van der Waals surface area contributed by atoms with Crippen LogP contribution in [0.4, 0.5) is 9.18 Å². The van der Waals surface area contributed by atoms with Crippen molar-refractivity contribution in [2.45, 2.75) is 42.1 Å². The maximum atomic E-state index is 14.1. The lowest BCUT2D eigenvalue weighted by atomic mass is 10.0. The molecule has 1 saturated heterocycles. The van der Waals surface area contributed by atoms with Crippen LogP contribution >= 0.6 is 22.6 Å². The zero-order chi connectivity index (χ0) is 20.6. The first kappa shape index (κ1) is 21.5. The van der Waals surface area contributed by atoms with Crippen LogP contribution in [0.15, 0.2) is 60.7 Å². The second-order valence-electron chi connectivity index (χ2n) is 6.90. The van der Waals surface area contributed by atoms with Crippen LogP contribution in [0.2, 0.25) is 0 Å². The summed E-state index contributed by atoms with van der Waals surface area (Å²) in [4.78, 5) is 26.2. The van der Waals surface area contributed by atoms with Gasteiger partial charge in [-0.2, -0.15) is 0 Å². The summed E-state index contributed by atoms with van der Waals surface area (Å²) in [5.74, 6) is -0.363. The summed E-state index contributed by atoms with van der Waals surface area (Å²) in [5.41, 5.74) is 1.69. The van der Waals surface area contributed by atoms with Gasteiger partial charge in [0.05, 0.1) is 0 Å². The van der Waals surface area contributed by atoms with Gasteiger partial charge in [-0.3, -0.25) is 9.69 Å². The van der Waals surface area contributed by atoms with Gasteiger partial charge in [0.1, 0.15) is 29.4 Å². The third-order valence-electron chi connectivity index (χ3n) is 4.85. The smallest absolute Gasteiger partial charge is 0.410 e. The number of esters is 1. The fraction of sp³-hybridized carbons (Fsp3) is 0.364. The van der Waals surface area contributed by atoms with E-state index in [2.05, 4.69) is 0 Å². The molecule has 2 aromatic rings. The van der Waals surface area contributed by atoms with Gasteiger partial charge in [0.2, 0.25) is 0 Å². The Bertz CT molecular complexity index is 805. The Labute approximate surface area is 183 Å². The molecule has 29 heavy (non-hydrogen) atoms. The number of amides is 1. The van der Waals surface area contributed by atoms with Gasteiger partial charge in [-0.05, 0) is 24.0 Å². The molecule has 7 heteroatoms. The minimum atomic E-state index is -0.897. The molecule has 0 aromatic heterocycles. The summed E-state index contributed by atoms with van der Waals surface area (Å²) in [6.45, 7) is -0.563. The molecule has 0 radical (unpaired) electrons. The standard InChI is InChI=1S/C22H23FINO4/c23-13-19(20-12-11-18(24)21(26)29-20)25(14-16-7-3-1-4-8-16)22(27)28-15-17-9-5-2-6-10-17/h1-10,18-20H,11-15H2/t18?,19-,20+/m1/s1. The maximum absolute atomic E-state index is 14.1. The van der Waals surface area contributed by atoms with Crippen molar-refractivity contribution in [3.63, 3.8) is 0 Å². The zero-order valence-corrected chi connectivity index (χ0v) is 18.0. The molecule has 0 N–H and O–H groups in total. The molecular formula is C22H23FINO4. The molecule has 0 saturated carbocycles. The van der Waals surface area contributed by atoms with Crippen LogP contribution < -0.4 is 0 Å². The van der Waals surface area contributed by atoms with Gasteiger partial charge in [0.15, 0.2) is 0 Å². The van der Waals surface area contributed by atoms with Gasteiger partial charge in [0.25, 0.3) is 0 Å². The second-order valence-corrected chi connectivity index (χ2v) is 8.40. The summed E-state index contributed by atoms with van der Waals surface area (Å²) in [5, 5.41) is 0. The highest BCUT2D eigenvalue weighted by Crippen LogP contribution is 2.27. The number of halogens is 2. The highest BCUT2D eigenvalue weighted by Gasteiger charge is 2.38. The van der Waals surface area contributed by atoms with E-state index in [0.717, 1.165) is 11.1 Å². The van der Waals surface area contributed by atoms with Crippen molar-refractivity contribution in [2.75, 3.05) is 6.67 Å². The van der Waals surface area contributed by atoms with Gasteiger partial charge < -0.3 is 9.47 Å². The van der Waals surface area contributed by atoms with Gasteiger partial charge in [-0.1, -0.05) is 83.3 Å². The fourth-order valence-electron chi connectivity index (χ4n) is 3.26. The molecule has 1 amide bonds. The first-order chi connectivity index (χ1) is 14.1. The number of nitrogens with zero attached hydrogens (tertiary/aromatic N) is 1. The van der Waals surface area contributed by atoms with E-state index in [1.807, 2.05) is 83.3 Å². The SMILES string of the molecule is O=C1O[C@H]([C@@H](CF)N(Cc2ccccc2)C(=O)OCc2ccccc2)CCC1I. The Morgan fingerprint density at radius 2 is 1.72 bits per heavy atom. The van der Waals surface area contributed by atoms with Gasteiger partial charge in [0, 0.05) is 6.54 Å². The van der Waals surface area contributed by atoms with Crippen molar-refractivity contribution in [3.8, 4) is 0 Å². The van der Waals surface area contributed by atoms with E-state index >= 15 is 0 Å². The molecule has 0 aliphatic carbocycles. The van der Waals surface area contributed by atoms with E-state index in [9.17, 15) is 14.0 Å². The average Bonchev–Trinajstić information content (AvgIpc) is 2.75. The highest BCUT2D eigenvalue weighted by molar-refractivity contribution is 14.1. The van der Waals surface area contributed by atoms with Gasteiger partial charge in [-0.25, -0.2) is 9.18 Å². The van der Waals surface area contributed by atoms with E-state index in [1.54, 1.807) is 0 Å². The number of alkyl halides is 2. The van der Waals surface area contributed by atoms with Crippen LogP contribution in [0.1, 0.15) is 24.0 Å². The predicted molar refractivity (Wildman–Crippen MR) is 115 cm³/mol. The molecule has 1 aliphatic heterocycles. The monoisotopic (exact) mass is 511 g/mol. The number of ether oxygens (including phenoxy) is 2. The Morgan fingerprint density at radius 3 is 2.31 bits per heavy atom. The molecule has 0 spiro atoms. The molecule has 1 fully saturated rings. The van der Waals surface area contributed by atoms with Crippen molar-refractivity contribution >= 4 is 34.7 Å². The van der Waals surface area contributed by atoms with Crippen LogP contribution in [0.3, 0.4) is 0 Å². The summed E-state index contributed by atoms with van der Waals surface area (Å²) in [6.07, 6.45) is -0.219. The Morgan fingerprint density at radius 1 is 1.10 bits per heavy atom. The molecule has 1 aliphatic rings. The molecule has 1 heterocycles. The summed E-state index contributed by atoms with van der Waals surface area (Å²) < 4.78 is 24.8. The maximum Gasteiger partial charge on any atom is 0.410 e. The number of carbonyl (C=O) groups is 2. The number of cyclic esters (lactones) is 1. The zero-order valence-electron chi connectivity index (χ0n) is 15.9. The van der Waals surface area contributed by atoms with E-state index in [0.29, 0.717) is 12.8 Å². The van der Waals surface area contributed by atoms with Crippen molar-refractivity contribution in [1.82, 2.24) is 4.90 Å². The average molecular weight is 511 g/mol. The summed E-state index contributed by atoms with van der Waals surface area (Å²) in [7, 11) is 0. The summed E-state index contributed by atoms with van der Waals surface area (Å²) in [6, 6.07) is 17.7. The second kappa shape index (κ2) is 10.6. The van der Waals surface area contributed by atoms with Crippen molar-refractivity contribution < 1.29 is 23.5 Å². The van der Waals surface area contributed by atoms with E-state index in [-0.39, 0.29) is 23.0 Å². The van der Waals surface area contributed by atoms with E-state index in [1.165, 1.54) is 4.90 Å². The molecule has 1 unspecified atom stereocenters. The fourth-order valence-corrected chi connectivity index (χ4v) is 3.77. The minimum absolute atomic E-state index is 0.0875. The Hall–Kier alpha value is -2.16. The number of rotatable bonds is 7. The van der Waals surface area contributed by atoms with E-state index < -0.39 is 24.9 Å². The van der Waals surface area contributed by atoms with Crippen LogP contribution in [0, 0.1) is 0 Å². The topological polar surface area (TPSA) is 55.8 Å². The largest absolute Gasteiger partial charge is 0.459 e. The lowest BCUT2D eigenvalue weighted by molar-refractivity contribution is -0.156. The first-order valence-corrected chi connectivity index (χ1v) is 10.7. The van der Waals surface area contributed by atoms with Crippen molar-refractivity contribution in [3.05, 3.63) is 71.8 Å². The number of carbonyl (C=O) groups excluding carboxylic acids is 2. The molecule has 3 rings (SSSR count). The van der Waals surface area contributed by atoms with Crippen LogP contribution in [-0.4, -0.2) is 39.7 Å². The molecule has 0 bridgehead atoms. The lowest BCUT2D eigenvalue weighted by Gasteiger charge is -2.37. The Balaban J connectivity index is 1.77. The van der Waals surface area contributed by atoms with E-state index in [4.69, 9.17) is 9.47 Å². The first-order valence-electron chi connectivity index (χ1n) is 9.50. The van der Waals surface area contributed by atoms with Gasteiger partial charge in [-0.15, -0.1) is 0 Å². The van der Waals surface area contributed by atoms with Crippen molar-refractivity contribution in [1.29, 1.82) is 0 Å². The van der Waals surface area contributed by atoms with Crippen molar-refractivity contribution in [2.24, 2.45) is 0 Å². The van der Waals surface area contributed by atoms with Gasteiger partial charge >= 0.3 is 12.1 Å². The molecular weight excluding hydrogens is 488 g/mol. The summed E-state index contributed by atoms with van der Waals surface area (Å²) >= 11 is 2.02. The normalized spacial score (nSPS) is 19.9. The van der Waals surface area contributed by atoms with Crippen LogP contribution in [-0.2, 0) is 27.4 Å². The Kier molecular flexibility index (Phi) is 7.85. The minimum Gasteiger partial charge on any atom is -0.459 e. The molecule has 2 aromatic carbocycles. The van der Waals surface area contributed by atoms with Crippen LogP contribution in [0.5, 0.6) is 0 Å². The van der Waals surface area contributed by atoms with Crippen LogP contribution in [0.25, 0.3) is 0 Å². The number of benzene rings is 2. The molecule has 154 valence electrons. The quantitative estimate of drug-likeness (QED) is 0.308. The molecule has 5 nitrogen and oxygen atoms in total. The number of hydrogen-bond acceptors (Lipinski definition) is 4. The lowest BCUT2D eigenvalue weighted by Crippen LogP contribution is -2.51. The third-order valence-corrected chi connectivity index (χ3v) is 5.98.